The smallest absolute Gasteiger partial charge is 0.307 e. The molecule has 0 unspecified atom stereocenters. The van der Waals surface area contributed by atoms with Crippen molar-refractivity contribution in [1.29, 1.82) is 0 Å². The number of ether oxygens (including phenoxy) is 3. The summed E-state index contributed by atoms with van der Waals surface area (Å²) in [6.07, 6.45) is 2.78. The molecule has 1 aliphatic heterocycles. The first-order valence-electron chi connectivity index (χ1n) is 14.4. The Morgan fingerprint density at radius 2 is 1.88 bits per heavy atom. The SMILES string of the molecule is CC#C[C@@H](CC(=O)OC)c1ccc(O[C@@H]2CCc3c(-c4ccc(OCCN5CCS(=O)(=O)CC5)nc4)ccc(F)c32)cc1. The van der Waals surface area contributed by atoms with Gasteiger partial charge in [-0.25, -0.2) is 17.8 Å². The van der Waals surface area contributed by atoms with E-state index in [9.17, 15) is 13.2 Å². The summed E-state index contributed by atoms with van der Waals surface area (Å²) in [5.74, 6) is 6.49. The van der Waals surface area contributed by atoms with Crippen molar-refractivity contribution in [3.05, 3.63) is 77.2 Å². The maximum atomic E-state index is 15.1. The fourth-order valence-electron chi connectivity index (χ4n) is 5.56. The van der Waals surface area contributed by atoms with Gasteiger partial charge in [0, 0.05) is 43.0 Å². The molecule has 2 aliphatic rings. The van der Waals surface area contributed by atoms with Crippen molar-refractivity contribution >= 4 is 15.8 Å². The molecule has 1 fully saturated rings. The van der Waals surface area contributed by atoms with Gasteiger partial charge in [0.2, 0.25) is 5.88 Å². The second-order valence-corrected chi connectivity index (χ2v) is 13.0. The van der Waals surface area contributed by atoms with Crippen LogP contribution in [0.2, 0.25) is 0 Å². The zero-order chi connectivity index (χ0) is 30.4. The van der Waals surface area contributed by atoms with E-state index in [1.807, 2.05) is 30.3 Å². The summed E-state index contributed by atoms with van der Waals surface area (Å²) in [6, 6.07) is 14.4. The minimum absolute atomic E-state index is 0.163. The Bertz CT molecular complexity index is 1600. The number of carbonyl (C=O) groups is 1. The molecule has 10 heteroatoms. The van der Waals surface area contributed by atoms with Crippen molar-refractivity contribution in [1.82, 2.24) is 9.88 Å². The first kappa shape index (κ1) is 30.5. The number of benzene rings is 2. The van der Waals surface area contributed by atoms with Gasteiger partial charge in [-0.1, -0.05) is 24.1 Å². The monoisotopic (exact) mass is 606 g/mol. The molecule has 5 rings (SSSR count). The Hall–Kier alpha value is -3.94. The Labute approximate surface area is 252 Å². The third kappa shape index (κ3) is 7.53. The first-order chi connectivity index (χ1) is 20.8. The van der Waals surface area contributed by atoms with Gasteiger partial charge in [0.05, 0.1) is 31.0 Å². The second kappa shape index (κ2) is 13.6. The van der Waals surface area contributed by atoms with Crippen molar-refractivity contribution < 1.29 is 31.8 Å². The maximum Gasteiger partial charge on any atom is 0.307 e. The van der Waals surface area contributed by atoms with Crippen molar-refractivity contribution in [2.75, 3.05) is 44.9 Å². The lowest BCUT2D eigenvalue weighted by atomic mass is 9.96. The highest BCUT2D eigenvalue weighted by Crippen LogP contribution is 2.42. The number of nitrogens with zero attached hydrogens (tertiary/aromatic N) is 2. The van der Waals surface area contributed by atoms with E-state index in [4.69, 9.17) is 14.2 Å². The molecule has 1 saturated heterocycles. The number of aromatic nitrogens is 1. The van der Waals surface area contributed by atoms with Crippen LogP contribution >= 0.6 is 0 Å². The van der Waals surface area contributed by atoms with Gasteiger partial charge in [-0.2, -0.15) is 0 Å². The molecule has 226 valence electrons. The van der Waals surface area contributed by atoms with Gasteiger partial charge in [0.25, 0.3) is 0 Å². The first-order valence-corrected chi connectivity index (χ1v) is 16.2. The molecule has 1 aliphatic carbocycles. The number of esters is 1. The van der Waals surface area contributed by atoms with E-state index in [-0.39, 0.29) is 35.6 Å². The number of rotatable bonds is 10. The summed E-state index contributed by atoms with van der Waals surface area (Å²) < 4.78 is 55.2. The molecule has 0 radical (unpaired) electrons. The lowest BCUT2D eigenvalue weighted by Crippen LogP contribution is -2.42. The molecule has 0 N–H and O–H groups in total. The van der Waals surface area contributed by atoms with Crippen LogP contribution in [0.15, 0.2) is 54.7 Å². The molecule has 2 heterocycles. The van der Waals surface area contributed by atoms with Crippen LogP contribution < -0.4 is 9.47 Å². The minimum atomic E-state index is -2.90. The van der Waals surface area contributed by atoms with Gasteiger partial charge in [0.15, 0.2) is 9.84 Å². The highest BCUT2D eigenvalue weighted by molar-refractivity contribution is 7.91. The second-order valence-electron chi connectivity index (χ2n) is 10.7. The summed E-state index contributed by atoms with van der Waals surface area (Å²) in [7, 11) is -1.55. The molecule has 8 nitrogen and oxygen atoms in total. The lowest BCUT2D eigenvalue weighted by molar-refractivity contribution is -0.140. The van der Waals surface area contributed by atoms with Gasteiger partial charge >= 0.3 is 5.97 Å². The lowest BCUT2D eigenvalue weighted by Gasteiger charge is -2.26. The average molecular weight is 607 g/mol. The summed E-state index contributed by atoms with van der Waals surface area (Å²) in [6.45, 7) is 3.83. The fourth-order valence-corrected chi connectivity index (χ4v) is 6.84. The molecule has 0 saturated carbocycles. The summed E-state index contributed by atoms with van der Waals surface area (Å²) >= 11 is 0. The molecule has 2 atom stereocenters. The largest absolute Gasteiger partial charge is 0.486 e. The van der Waals surface area contributed by atoms with Gasteiger partial charge in [-0.15, -0.1) is 5.92 Å². The zero-order valence-electron chi connectivity index (χ0n) is 24.3. The predicted octanol–water partition coefficient (Wildman–Crippen LogP) is 4.73. The van der Waals surface area contributed by atoms with Gasteiger partial charge in [0.1, 0.15) is 24.3 Å². The van der Waals surface area contributed by atoms with E-state index in [0.717, 1.165) is 22.3 Å². The molecule has 2 aromatic carbocycles. The van der Waals surface area contributed by atoms with Crippen molar-refractivity contribution in [2.24, 2.45) is 0 Å². The Morgan fingerprint density at radius 1 is 1.12 bits per heavy atom. The van der Waals surface area contributed by atoms with Gasteiger partial charge < -0.3 is 14.2 Å². The minimum Gasteiger partial charge on any atom is -0.486 e. The van der Waals surface area contributed by atoms with Crippen LogP contribution in [-0.2, 0) is 25.8 Å². The number of hydrogen-bond donors (Lipinski definition) is 0. The molecule has 0 amide bonds. The van der Waals surface area contributed by atoms with Crippen LogP contribution in [0, 0.1) is 17.7 Å². The molecular formula is C33H35FN2O6S. The van der Waals surface area contributed by atoms with Crippen LogP contribution in [0.4, 0.5) is 4.39 Å². The van der Waals surface area contributed by atoms with E-state index in [0.29, 0.717) is 56.3 Å². The quantitative estimate of drug-likeness (QED) is 0.242. The standard InChI is InChI=1S/C33H35FN2O6S/c1-3-4-24(21-32(37)40-2)23-5-8-26(9-6-23)42-30-13-11-28-27(10-12-29(34)33(28)30)25-7-14-31(35-22-25)41-18-15-36-16-19-43(38,39)20-17-36/h5-10,12,14,22,24,30H,11,13,15-21H2,1-2H3/t24-,30+/m0/s1. The summed E-state index contributed by atoms with van der Waals surface area (Å²) in [5, 5.41) is 0. The number of halogens is 1. The molecular weight excluding hydrogens is 571 g/mol. The molecule has 43 heavy (non-hydrogen) atoms. The third-order valence-corrected chi connectivity index (χ3v) is 9.51. The Balaban J connectivity index is 1.23. The van der Waals surface area contributed by atoms with E-state index < -0.39 is 15.9 Å². The highest BCUT2D eigenvalue weighted by atomic mass is 32.2. The van der Waals surface area contributed by atoms with E-state index >= 15 is 4.39 Å². The van der Waals surface area contributed by atoms with Crippen LogP contribution in [0.25, 0.3) is 11.1 Å². The van der Waals surface area contributed by atoms with E-state index in [1.165, 1.54) is 13.2 Å². The number of pyridine rings is 1. The molecule has 0 bridgehead atoms. The van der Waals surface area contributed by atoms with Crippen LogP contribution in [0.1, 0.15) is 48.5 Å². The highest BCUT2D eigenvalue weighted by Gasteiger charge is 2.30. The van der Waals surface area contributed by atoms with E-state index in [1.54, 1.807) is 25.3 Å². The van der Waals surface area contributed by atoms with Gasteiger partial charge in [-0.3, -0.25) is 9.69 Å². The molecule has 0 spiro atoms. The topological polar surface area (TPSA) is 95.0 Å². The maximum absolute atomic E-state index is 15.1. The predicted molar refractivity (Wildman–Crippen MR) is 161 cm³/mol. The number of hydrogen-bond acceptors (Lipinski definition) is 8. The fraction of sp³-hybridized carbons (Fsp3) is 0.394. The number of methoxy groups -OCH3 is 1. The Kier molecular flexibility index (Phi) is 9.63. The van der Waals surface area contributed by atoms with Crippen LogP contribution in [0.3, 0.4) is 0 Å². The number of fused-ring (bicyclic) bond motifs is 1. The van der Waals surface area contributed by atoms with Gasteiger partial charge in [-0.05, 0) is 60.7 Å². The molecule has 1 aromatic heterocycles. The van der Waals surface area contributed by atoms with Crippen molar-refractivity contribution in [3.8, 4) is 34.6 Å². The van der Waals surface area contributed by atoms with E-state index in [2.05, 4.69) is 21.7 Å². The third-order valence-electron chi connectivity index (χ3n) is 7.90. The Morgan fingerprint density at radius 3 is 2.56 bits per heavy atom. The van der Waals surface area contributed by atoms with Crippen LogP contribution in [0.5, 0.6) is 11.6 Å². The van der Waals surface area contributed by atoms with Crippen molar-refractivity contribution in [3.63, 3.8) is 0 Å². The number of carbonyl (C=O) groups excluding carboxylic acids is 1. The normalized spacial score (nSPS) is 18.2. The van der Waals surface area contributed by atoms with Crippen molar-refractivity contribution in [2.45, 2.75) is 38.2 Å². The van der Waals surface area contributed by atoms with Crippen LogP contribution in [-0.4, -0.2) is 69.1 Å². The molecule has 3 aromatic rings. The average Bonchev–Trinajstić information content (AvgIpc) is 3.43. The zero-order valence-corrected chi connectivity index (χ0v) is 25.2. The number of sulfone groups is 1. The summed E-state index contributed by atoms with van der Waals surface area (Å²) in [4.78, 5) is 18.3. The summed E-state index contributed by atoms with van der Waals surface area (Å²) in [5.41, 5.74) is 4.13.